The quantitative estimate of drug-likeness (QED) is 0.0451. The molecule has 43 heavy (non-hydrogen) atoms. The Bertz CT molecular complexity index is 639. The molecule has 0 aliphatic heterocycles. The van der Waals surface area contributed by atoms with Gasteiger partial charge in [-0.2, -0.15) is 0 Å². The van der Waals surface area contributed by atoms with Crippen LogP contribution < -0.4 is 0 Å². The molecule has 0 spiro atoms. The smallest absolute Gasteiger partial charge is 0.306 e. The molecule has 0 aliphatic rings. The summed E-state index contributed by atoms with van der Waals surface area (Å²) in [6.07, 6.45) is 44.7. The molecule has 0 aromatic carbocycles. The summed E-state index contributed by atoms with van der Waals surface area (Å²) in [5.41, 5.74) is 0. The third-order valence-electron chi connectivity index (χ3n) is 7.97. The van der Waals surface area contributed by atoms with Gasteiger partial charge in [-0.05, 0) is 51.4 Å². The molecule has 4 heteroatoms. The Hall–Kier alpha value is -1.39. The minimum Gasteiger partial charge on any atom is -0.457 e. The van der Waals surface area contributed by atoms with Gasteiger partial charge in [-0.3, -0.25) is 4.79 Å². The van der Waals surface area contributed by atoms with E-state index in [0.29, 0.717) is 19.6 Å². The van der Waals surface area contributed by atoms with E-state index in [1.165, 1.54) is 128 Å². The van der Waals surface area contributed by atoms with Crippen LogP contribution in [0.1, 0.15) is 181 Å². The van der Waals surface area contributed by atoms with Crippen molar-refractivity contribution in [1.82, 2.24) is 0 Å². The predicted molar refractivity (Wildman–Crippen MR) is 187 cm³/mol. The Morgan fingerprint density at radius 3 is 1.51 bits per heavy atom. The SMILES string of the molecule is CCCCC/C=C\C/C=C\C/C=C\CCCCCCCCCOCC(CO)OC(=O)CCCCCCCCCCCCC. The molecular formula is C39H72O4. The maximum absolute atomic E-state index is 12.1. The van der Waals surface area contributed by atoms with Crippen molar-refractivity contribution in [2.24, 2.45) is 0 Å². The summed E-state index contributed by atoms with van der Waals surface area (Å²) in [7, 11) is 0. The minimum atomic E-state index is -0.535. The molecule has 252 valence electrons. The largest absolute Gasteiger partial charge is 0.457 e. The maximum atomic E-state index is 12.1. The number of unbranched alkanes of at least 4 members (excludes halogenated alkanes) is 20. The van der Waals surface area contributed by atoms with Crippen LogP contribution in [0.25, 0.3) is 0 Å². The molecule has 0 amide bonds. The summed E-state index contributed by atoms with van der Waals surface area (Å²) in [6.45, 7) is 5.29. The second-order valence-corrected chi connectivity index (χ2v) is 12.3. The molecule has 0 aromatic rings. The molecule has 0 heterocycles. The topological polar surface area (TPSA) is 55.8 Å². The highest BCUT2D eigenvalue weighted by atomic mass is 16.6. The molecule has 0 aliphatic carbocycles. The van der Waals surface area contributed by atoms with Gasteiger partial charge in [0.25, 0.3) is 0 Å². The standard InChI is InChI=1S/C39H72O4/c1-3-5-7-9-11-13-15-16-17-18-19-20-21-22-23-25-27-29-31-33-35-42-37-38(36-40)43-39(41)34-32-30-28-26-24-14-12-10-8-6-4-2/h11,13,16-17,19-20,38,40H,3-10,12,14-15,18,21-37H2,1-2H3/b13-11-,17-16-,20-19-. The first-order chi connectivity index (χ1) is 21.2. The molecule has 0 aromatic heterocycles. The van der Waals surface area contributed by atoms with Gasteiger partial charge in [0.15, 0.2) is 0 Å². The summed E-state index contributed by atoms with van der Waals surface area (Å²) in [4.78, 5) is 12.1. The van der Waals surface area contributed by atoms with Crippen molar-refractivity contribution in [3.8, 4) is 0 Å². The third-order valence-corrected chi connectivity index (χ3v) is 7.97. The average molecular weight is 605 g/mol. The van der Waals surface area contributed by atoms with Gasteiger partial charge in [0, 0.05) is 13.0 Å². The van der Waals surface area contributed by atoms with Crippen molar-refractivity contribution in [3.63, 3.8) is 0 Å². The molecule has 0 fully saturated rings. The van der Waals surface area contributed by atoms with E-state index in [1.54, 1.807) is 0 Å². The van der Waals surface area contributed by atoms with Crippen molar-refractivity contribution in [2.45, 2.75) is 187 Å². The highest BCUT2D eigenvalue weighted by Crippen LogP contribution is 2.13. The number of allylic oxidation sites excluding steroid dienone is 6. The first-order valence-corrected chi connectivity index (χ1v) is 18.6. The lowest BCUT2D eigenvalue weighted by atomic mass is 10.1. The first kappa shape index (κ1) is 41.6. The molecule has 0 rings (SSSR count). The van der Waals surface area contributed by atoms with E-state index in [1.807, 2.05) is 0 Å². The number of carbonyl (C=O) groups is 1. The number of hydrogen-bond donors (Lipinski definition) is 1. The van der Waals surface area contributed by atoms with Gasteiger partial charge in [-0.1, -0.05) is 159 Å². The van der Waals surface area contributed by atoms with Crippen molar-refractivity contribution < 1.29 is 19.4 Å². The normalized spacial score (nSPS) is 12.7. The lowest BCUT2D eigenvalue weighted by molar-refractivity contribution is -0.154. The summed E-state index contributed by atoms with van der Waals surface area (Å²) < 4.78 is 11.1. The van der Waals surface area contributed by atoms with E-state index in [0.717, 1.165) is 32.1 Å². The van der Waals surface area contributed by atoms with Gasteiger partial charge in [-0.25, -0.2) is 0 Å². The van der Waals surface area contributed by atoms with Crippen LogP contribution in [-0.2, 0) is 14.3 Å². The van der Waals surface area contributed by atoms with Gasteiger partial charge >= 0.3 is 5.97 Å². The maximum Gasteiger partial charge on any atom is 0.306 e. The monoisotopic (exact) mass is 605 g/mol. The van der Waals surface area contributed by atoms with E-state index in [9.17, 15) is 9.90 Å². The Balaban J connectivity index is 3.46. The molecule has 1 atom stereocenters. The van der Waals surface area contributed by atoms with Gasteiger partial charge in [0.05, 0.1) is 13.2 Å². The number of carbonyl (C=O) groups excluding carboxylic acids is 1. The summed E-state index contributed by atoms with van der Waals surface area (Å²) in [5.74, 6) is -0.206. The van der Waals surface area contributed by atoms with E-state index in [-0.39, 0.29) is 12.6 Å². The second-order valence-electron chi connectivity index (χ2n) is 12.3. The molecule has 0 saturated carbocycles. The van der Waals surface area contributed by atoms with E-state index < -0.39 is 6.10 Å². The van der Waals surface area contributed by atoms with Crippen LogP contribution in [-0.4, -0.2) is 37.0 Å². The Morgan fingerprint density at radius 2 is 0.977 bits per heavy atom. The molecule has 1 unspecified atom stereocenters. The van der Waals surface area contributed by atoms with E-state index in [2.05, 4.69) is 50.3 Å². The molecule has 0 bridgehead atoms. The van der Waals surface area contributed by atoms with Crippen LogP contribution in [0, 0.1) is 0 Å². The van der Waals surface area contributed by atoms with Crippen molar-refractivity contribution in [3.05, 3.63) is 36.5 Å². The fraction of sp³-hybridized carbons (Fsp3) is 0.821. The number of aliphatic hydroxyl groups excluding tert-OH is 1. The lowest BCUT2D eigenvalue weighted by Crippen LogP contribution is -2.27. The zero-order chi connectivity index (χ0) is 31.3. The third kappa shape index (κ3) is 35.0. The average Bonchev–Trinajstić information content (AvgIpc) is 3.01. The molecule has 4 nitrogen and oxygen atoms in total. The molecular weight excluding hydrogens is 532 g/mol. The van der Waals surface area contributed by atoms with Crippen LogP contribution in [0.3, 0.4) is 0 Å². The summed E-state index contributed by atoms with van der Waals surface area (Å²) >= 11 is 0. The van der Waals surface area contributed by atoms with Gasteiger partial charge in [0.1, 0.15) is 6.10 Å². The van der Waals surface area contributed by atoms with Crippen LogP contribution >= 0.6 is 0 Å². The van der Waals surface area contributed by atoms with Gasteiger partial charge in [-0.15, -0.1) is 0 Å². The van der Waals surface area contributed by atoms with Crippen LogP contribution in [0.2, 0.25) is 0 Å². The predicted octanol–water partition coefficient (Wildman–Crippen LogP) is 11.8. The summed E-state index contributed by atoms with van der Waals surface area (Å²) in [6, 6.07) is 0. The zero-order valence-corrected chi connectivity index (χ0v) is 28.7. The van der Waals surface area contributed by atoms with Gasteiger partial charge in [0.2, 0.25) is 0 Å². The Labute approximate surface area is 268 Å². The minimum absolute atomic E-state index is 0.174. The second kappa shape index (κ2) is 36.8. The van der Waals surface area contributed by atoms with Crippen molar-refractivity contribution >= 4 is 5.97 Å². The zero-order valence-electron chi connectivity index (χ0n) is 28.7. The number of rotatable bonds is 34. The highest BCUT2D eigenvalue weighted by Gasteiger charge is 2.13. The highest BCUT2D eigenvalue weighted by molar-refractivity contribution is 5.69. The van der Waals surface area contributed by atoms with Crippen molar-refractivity contribution in [1.29, 1.82) is 0 Å². The van der Waals surface area contributed by atoms with Crippen LogP contribution in [0.4, 0.5) is 0 Å². The van der Waals surface area contributed by atoms with E-state index >= 15 is 0 Å². The molecule has 1 N–H and O–H groups in total. The molecule has 0 saturated heterocycles. The fourth-order valence-electron chi connectivity index (χ4n) is 5.16. The Kier molecular flexibility index (Phi) is 35.6. The Morgan fingerprint density at radius 1 is 0.558 bits per heavy atom. The first-order valence-electron chi connectivity index (χ1n) is 18.6. The van der Waals surface area contributed by atoms with Crippen LogP contribution in [0.5, 0.6) is 0 Å². The summed E-state index contributed by atoms with van der Waals surface area (Å²) in [5, 5.41) is 9.54. The number of esters is 1. The van der Waals surface area contributed by atoms with Crippen LogP contribution in [0.15, 0.2) is 36.5 Å². The van der Waals surface area contributed by atoms with E-state index in [4.69, 9.17) is 9.47 Å². The number of hydrogen-bond acceptors (Lipinski definition) is 4. The lowest BCUT2D eigenvalue weighted by Gasteiger charge is -2.16. The number of ether oxygens (including phenoxy) is 2. The van der Waals surface area contributed by atoms with Crippen molar-refractivity contribution in [2.75, 3.05) is 19.8 Å². The molecule has 0 radical (unpaired) electrons. The van der Waals surface area contributed by atoms with Gasteiger partial charge < -0.3 is 14.6 Å². The number of aliphatic hydroxyl groups is 1. The fourth-order valence-corrected chi connectivity index (χ4v) is 5.16.